The van der Waals surface area contributed by atoms with Crippen molar-refractivity contribution >= 4 is 40.9 Å². The lowest BCUT2D eigenvalue weighted by Crippen LogP contribution is -2.31. The zero-order valence-corrected chi connectivity index (χ0v) is 24.2. The number of para-hydroxylation sites is 1. The Bertz CT molecular complexity index is 1590. The number of ether oxygens (including phenoxy) is 1. The molecule has 0 saturated heterocycles. The molecule has 2 amide bonds. The second kappa shape index (κ2) is 12.6. The fourth-order valence-corrected chi connectivity index (χ4v) is 5.72. The lowest BCUT2D eigenvalue weighted by Gasteiger charge is -2.28. The number of nitrogens with one attached hydrogen (secondary N) is 3. The van der Waals surface area contributed by atoms with E-state index < -0.39 is 17.8 Å². The van der Waals surface area contributed by atoms with Crippen LogP contribution in [-0.2, 0) is 14.3 Å². The van der Waals surface area contributed by atoms with Gasteiger partial charge in [0.1, 0.15) is 5.76 Å². The van der Waals surface area contributed by atoms with E-state index in [9.17, 15) is 19.6 Å². The third-order valence-corrected chi connectivity index (χ3v) is 7.61. The maximum Gasteiger partial charge on any atom is 0.339 e. The number of nitrogens with zero attached hydrogens (tertiary/aromatic N) is 1. The molecule has 3 aromatic rings. The number of amides is 2. The molecule has 3 N–H and O–H groups in total. The number of furan rings is 1. The third kappa shape index (κ3) is 6.36. The number of allylic oxidation sites excluding steroid dienone is 2. The molecule has 0 aliphatic carbocycles. The van der Waals surface area contributed by atoms with E-state index in [0.29, 0.717) is 16.5 Å². The first-order chi connectivity index (χ1) is 19.6. The fourth-order valence-electron chi connectivity index (χ4n) is 4.83. The molecule has 2 heterocycles. The van der Waals surface area contributed by atoms with Crippen molar-refractivity contribution in [1.82, 2.24) is 5.32 Å². The number of aryl methyl sites for hydroxylation is 3. The minimum Gasteiger partial charge on any atom is -0.468 e. The second-order valence-electron chi connectivity index (χ2n) is 9.57. The maximum absolute atomic E-state index is 13.7. The molecule has 210 valence electrons. The molecule has 2 aromatic carbocycles. The summed E-state index contributed by atoms with van der Waals surface area (Å²) in [5.41, 5.74) is 5.23. The third-order valence-electron chi connectivity index (χ3n) is 6.59. The number of thioether (sulfide) groups is 1. The van der Waals surface area contributed by atoms with Gasteiger partial charge in [0.2, 0.25) is 5.91 Å². The first kappa shape index (κ1) is 29.2. The molecule has 1 aromatic heterocycles. The van der Waals surface area contributed by atoms with Crippen molar-refractivity contribution in [2.45, 2.75) is 33.6 Å². The lowest BCUT2D eigenvalue weighted by atomic mass is 9.85. The number of carbonyl (C=O) groups is 3. The second-order valence-corrected chi connectivity index (χ2v) is 10.6. The highest BCUT2D eigenvalue weighted by Crippen LogP contribution is 2.41. The Morgan fingerprint density at radius 3 is 2.39 bits per heavy atom. The summed E-state index contributed by atoms with van der Waals surface area (Å²) >= 11 is 1.17. The number of rotatable bonds is 8. The molecule has 4 rings (SSSR count). The van der Waals surface area contributed by atoms with Crippen LogP contribution in [0.4, 0.5) is 11.4 Å². The van der Waals surface area contributed by atoms with Crippen LogP contribution < -0.4 is 16.0 Å². The van der Waals surface area contributed by atoms with Crippen LogP contribution in [0.3, 0.4) is 0 Å². The molecule has 9 nitrogen and oxygen atoms in total. The predicted octanol–water partition coefficient (Wildman–Crippen LogP) is 5.70. The average molecular weight is 571 g/mol. The molecule has 0 bridgehead atoms. The summed E-state index contributed by atoms with van der Waals surface area (Å²) in [7, 11) is 1.26. The van der Waals surface area contributed by atoms with Crippen LogP contribution in [0.1, 0.15) is 45.7 Å². The van der Waals surface area contributed by atoms with Gasteiger partial charge in [0, 0.05) is 11.4 Å². The SMILES string of the molecule is COC(=O)c1ccccc1NC(=O)C1=C(C)NC(SCC(=O)Nc2c(C)cc(C)cc2C)=C(C#N)[C@@H]1c1ccco1. The van der Waals surface area contributed by atoms with Crippen LogP contribution in [0.25, 0.3) is 0 Å². The standard InChI is InChI=1S/C31H30N4O5S/c1-17-13-18(2)28(19(3)14-17)35-25(36)16-41-30-22(15-32)27(24-11-8-12-40-24)26(20(4)33-30)29(37)34-23-10-7-6-9-21(23)31(38)39-5/h6-14,27,33H,16H2,1-5H3,(H,34,37)(H,35,36)/t27-/m1/s1. The average Bonchev–Trinajstić information content (AvgIpc) is 3.48. The molecule has 0 fully saturated rings. The molecule has 0 unspecified atom stereocenters. The quantitative estimate of drug-likeness (QED) is 0.294. The Kier molecular flexibility index (Phi) is 9.00. The van der Waals surface area contributed by atoms with Crippen molar-refractivity contribution in [3.63, 3.8) is 0 Å². The van der Waals surface area contributed by atoms with E-state index in [4.69, 9.17) is 9.15 Å². The number of dihydropyridines is 1. The Morgan fingerprint density at radius 1 is 1.05 bits per heavy atom. The van der Waals surface area contributed by atoms with Gasteiger partial charge in [-0.2, -0.15) is 5.26 Å². The minimum atomic E-state index is -0.839. The van der Waals surface area contributed by atoms with Crippen molar-refractivity contribution in [3.05, 3.63) is 105 Å². The molecule has 0 radical (unpaired) electrons. The first-order valence-electron chi connectivity index (χ1n) is 12.8. The Balaban J connectivity index is 1.61. The van der Waals surface area contributed by atoms with Gasteiger partial charge in [0.15, 0.2) is 0 Å². The van der Waals surface area contributed by atoms with E-state index in [2.05, 4.69) is 22.0 Å². The molecule has 10 heteroatoms. The largest absolute Gasteiger partial charge is 0.468 e. The van der Waals surface area contributed by atoms with E-state index in [1.54, 1.807) is 43.3 Å². The molecule has 1 aliphatic rings. The van der Waals surface area contributed by atoms with E-state index in [1.165, 1.54) is 25.1 Å². The van der Waals surface area contributed by atoms with Gasteiger partial charge in [0.25, 0.3) is 5.91 Å². The molecule has 1 atom stereocenters. The normalized spacial score (nSPS) is 14.7. The zero-order chi connectivity index (χ0) is 29.7. The van der Waals surface area contributed by atoms with Crippen molar-refractivity contribution < 1.29 is 23.5 Å². The van der Waals surface area contributed by atoms with Gasteiger partial charge < -0.3 is 25.1 Å². The molecular weight excluding hydrogens is 540 g/mol. The number of hydrogen-bond acceptors (Lipinski definition) is 8. The van der Waals surface area contributed by atoms with E-state index >= 15 is 0 Å². The summed E-state index contributed by atoms with van der Waals surface area (Å²) in [6.45, 7) is 7.61. The summed E-state index contributed by atoms with van der Waals surface area (Å²) in [6, 6.07) is 16.1. The number of hydrogen-bond donors (Lipinski definition) is 3. The number of anilines is 2. The van der Waals surface area contributed by atoms with Gasteiger partial charge in [-0.3, -0.25) is 9.59 Å². The van der Waals surface area contributed by atoms with Crippen LogP contribution in [0.2, 0.25) is 0 Å². The topological polar surface area (TPSA) is 133 Å². The van der Waals surface area contributed by atoms with Gasteiger partial charge in [-0.05, 0) is 63.1 Å². The predicted molar refractivity (Wildman–Crippen MR) is 158 cm³/mol. The van der Waals surface area contributed by atoms with Gasteiger partial charge in [0.05, 0.1) is 58.5 Å². The van der Waals surface area contributed by atoms with Crippen molar-refractivity contribution in [2.75, 3.05) is 23.5 Å². The van der Waals surface area contributed by atoms with Crippen LogP contribution in [0, 0.1) is 32.1 Å². The summed E-state index contributed by atoms with van der Waals surface area (Å²) in [5, 5.41) is 19.6. The molecule has 0 spiro atoms. The fraction of sp³-hybridized carbons (Fsp3) is 0.226. The highest BCUT2D eigenvalue weighted by molar-refractivity contribution is 8.03. The summed E-state index contributed by atoms with van der Waals surface area (Å²) in [6.07, 6.45) is 1.47. The zero-order valence-electron chi connectivity index (χ0n) is 23.4. The van der Waals surface area contributed by atoms with Gasteiger partial charge in [-0.25, -0.2) is 4.79 Å². The number of benzene rings is 2. The van der Waals surface area contributed by atoms with E-state index in [0.717, 1.165) is 22.4 Å². The highest BCUT2D eigenvalue weighted by Gasteiger charge is 2.37. The number of esters is 1. The van der Waals surface area contributed by atoms with Crippen molar-refractivity contribution in [3.8, 4) is 6.07 Å². The van der Waals surface area contributed by atoms with Gasteiger partial charge in [-0.15, -0.1) is 0 Å². The maximum atomic E-state index is 13.7. The van der Waals surface area contributed by atoms with Crippen LogP contribution in [-0.4, -0.2) is 30.6 Å². The number of carbonyl (C=O) groups excluding carboxylic acids is 3. The Hall–Kier alpha value is -4.75. The van der Waals surface area contributed by atoms with Crippen molar-refractivity contribution in [1.29, 1.82) is 5.26 Å². The number of methoxy groups -OCH3 is 1. The van der Waals surface area contributed by atoms with Crippen LogP contribution in [0.15, 0.2) is 81.1 Å². The first-order valence-corrected chi connectivity index (χ1v) is 13.8. The molecular formula is C31H30N4O5S. The van der Waals surface area contributed by atoms with E-state index in [-0.39, 0.29) is 34.1 Å². The van der Waals surface area contributed by atoms with Crippen LogP contribution in [0.5, 0.6) is 0 Å². The van der Waals surface area contributed by atoms with Gasteiger partial charge >= 0.3 is 5.97 Å². The lowest BCUT2D eigenvalue weighted by molar-refractivity contribution is -0.114. The smallest absolute Gasteiger partial charge is 0.339 e. The van der Waals surface area contributed by atoms with Gasteiger partial charge in [-0.1, -0.05) is 41.6 Å². The molecule has 41 heavy (non-hydrogen) atoms. The van der Waals surface area contributed by atoms with Crippen LogP contribution >= 0.6 is 11.8 Å². The monoisotopic (exact) mass is 570 g/mol. The highest BCUT2D eigenvalue weighted by atomic mass is 32.2. The number of nitriles is 1. The molecule has 1 aliphatic heterocycles. The molecule has 0 saturated carbocycles. The van der Waals surface area contributed by atoms with E-state index in [1.807, 2.05) is 32.9 Å². The summed E-state index contributed by atoms with van der Waals surface area (Å²) in [4.78, 5) is 38.8. The Morgan fingerprint density at radius 2 is 1.76 bits per heavy atom. The summed E-state index contributed by atoms with van der Waals surface area (Å²) < 4.78 is 10.5. The minimum absolute atomic E-state index is 0.0342. The Labute approximate surface area is 242 Å². The van der Waals surface area contributed by atoms with Crippen molar-refractivity contribution in [2.24, 2.45) is 0 Å². The summed E-state index contributed by atoms with van der Waals surface area (Å²) in [5.74, 6) is -1.76.